The van der Waals surface area contributed by atoms with Crippen molar-refractivity contribution < 1.29 is 31.9 Å². The summed E-state index contributed by atoms with van der Waals surface area (Å²) in [5.74, 6) is -1.54. The first-order valence-electron chi connectivity index (χ1n) is 7.84. The van der Waals surface area contributed by atoms with Crippen molar-refractivity contribution in [1.82, 2.24) is 5.32 Å². The lowest BCUT2D eigenvalue weighted by Gasteiger charge is -2.37. The van der Waals surface area contributed by atoms with Gasteiger partial charge in [0.05, 0.1) is 13.0 Å². The van der Waals surface area contributed by atoms with Gasteiger partial charge in [0.1, 0.15) is 11.2 Å². The van der Waals surface area contributed by atoms with Gasteiger partial charge in [-0.05, 0) is 18.1 Å². The standard InChI is InChI=1S/C17H19F3N2O4/c1-10(2)16(26-15(21)24,8-17(18,19)20)9-22-14(23)13-7-11-5-3-4-6-12(11)25-13/h3-7,10H,8-9H2,1-2H3,(H2,21,24)(H,22,23)/t16-/m1/s1. The fourth-order valence-electron chi connectivity index (χ4n) is 2.61. The van der Waals surface area contributed by atoms with Gasteiger partial charge in [-0.2, -0.15) is 13.2 Å². The number of benzene rings is 1. The molecule has 1 atom stereocenters. The van der Waals surface area contributed by atoms with E-state index < -0.39 is 42.7 Å². The molecular weight excluding hydrogens is 353 g/mol. The van der Waals surface area contributed by atoms with Crippen LogP contribution in [0.25, 0.3) is 11.0 Å². The molecule has 26 heavy (non-hydrogen) atoms. The average Bonchev–Trinajstić information content (AvgIpc) is 2.94. The second kappa shape index (κ2) is 7.27. The van der Waals surface area contributed by atoms with Gasteiger partial charge < -0.3 is 20.2 Å². The number of nitrogens with one attached hydrogen (secondary N) is 1. The van der Waals surface area contributed by atoms with Crippen LogP contribution in [0.2, 0.25) is 0 Å². The number of halogens is 3. The lowest BCUT2D eigenvalue weighted by molar-refractivity contribution is -0.183. The summed E-state index contributed by atoms with van der Waals surface area (Å²) in [5.41, 5.74) is 3.39. The molecule has 2 amide bonds. The average molecular weight is 372 g/mol. The van der Waals surface area contributed by atoms with E-state index in [2.05, 4.69) is 5.32 Å². The summed E-state index contributed by atoms with van der Waals surface area (Å²) in [6.07, 6.45) is -7.41. The number of primary amides is 1. The Kier molecular flexibility index (Phi) is 5.48. The number of fused-ring (bicyclic) bond motifs is 1. The van der Waals surface area contributed by atoms with Gasteiger partial charge in [0.25, 0.3) is 5.91 Å². The first kappa shape index (κ1) is 19.6. The van der Waals surface area contributed by atoms with Crippen molar-refractivity contribution in [3.63, 3.8) is 0 Å². The zero-order chi connectivity index (χ0) is 19.5. The van der Waals surface area contributed by atoms with E-state index in [4.69, 9.17) is 14.9 Å². The summed E-state index contributed by atoms with van der Waals surface area (Å²) in [7, 11) is 0. The summed E-state index contributed by atoms with van der Waals surface area (Å²) in [6, 6.07) is 8.34. The van der Waals surface area contributed by atoms with Gasteiger partial charge in [-0.3, -0.25) is 4.79 Å². The molecule has 0 saturated heterocycles. The number of alkyl halides is 3. The molecule has 1 aromatic carbocycles. The number of hydrogen-bond acceptors (Lipinski definition) is 4. The molecule has 0 spiro atoms. The highest BCUT2D eigenvalue weighted by Crippen LogP contribution is 2.35. The van der Waals surface area contributed by atoms with E-state index in [1.165, 1.54) is 19.9 Å². The van der Waals surface area contributed by atoms with E-state index in [-0.39, 0.29) is 5.76 Å². The number of nitrogens with two attached hydrogens (primary N) is 1. The summed E-state index contributed by atoms with van der Waals surface area (Å²) in [4.78, 5) is 23.4. The summed E-state index contributed by atoms with van der Waals surface area (Å²) in [6.45, 7) is 2.33. The van der Waals surface area contributed by atoms with Gasteiger partial charge in [-0.1, -0.05) is 32.0 Å². The zero-order valence-corrected chi connectivity index (χ0v) is 14.2. The Morgan fingerprint density at radius 3 is 2.46 bits per heavy atom. The predicted molar refractivity (Wildman–Crippen MR) is 87.5 cm³/mol. The topological polar surface area (TPSA) is 94.6 Å². The maximum absolute atomic E-state index is 13.0. The van der Waals surface area contributed by atoms with Gasteiger partial charge >= 0.3 is 12.3 Å². The lowest BCUT2D eigenvalue weighted by Crippen LogP contribution is -2.53. The number of furan rings is 1. The Morgan fingerprint density at radius 2 is 1.92 bits per heavy atom. The maximum atomic E-state index is 13.0. The molecule has 0 saturated carbocycles. The lowest BCUT2D eigenvalue weighted by atomic mass is 9.86. The third kappa shape index (κ3) is 4.68. The van der Waals surface area contributed by atoms with E-state index >= 15 is 0 Å². The molecular formula is C17H19F3N2O4. The molecule has 2 aromatic rings. The second-order valence-electron chi connectivity index (χ2n) is 6.26. The highest BCUT2D eigenvalue weighted by Gasteiger charge is 2.47. The minimum Gasteiger partial charge on any atom is -0.451 e. The minimum atomic E-state index is -4.62. The molecule has 0 radical (unpaired) electrons. The van der Waals surface area contributed by atoms with Crippen LogP contribution < -0.4 is 11.1 Å². The first-order valence-corrected chi connectivity index (χ1v) is 7.84. The summed E-state index contributed by atoms with van der Waals surface area (Å²) < 4.78 is 49.1. The van der Waals surface area contributed by atoms with Gasteiger partial charge in [0, 0.05) is 5.39 Å². The number of carbonyl (C=O) groups excluding carboxylic acids is 2. The van der Waals surface area contributed by atoms with Crippen LogP contribution in [0, 0.1) is 5.92 Å². The molecule has 6 nitrogen and oxygen atoms in total. The van der Waals surface area contributed by atoms with Crippen molar-refractivity contribution in [1.29, 1.82) is 0 Å². The van der Waals surface area contributed by atoms with Crippen LogP contribution in [-0.2, 0) is 4.74 Å². The largest absolute Gasteiger partial charge is 0.451 e. The summed E-state index contributed by atoms with van der Waals surface area (Å²) >= 11 is 0. The monoisotopic (exact) mass is 372 g/mol. The molecule has 142 valence electrons. The maximum Gasteiger partial charge on any atom is 0.405 e. The smallest absolute Gasteiger partial charge is 0.405 e. The van der Waals surface area contributed by atoms with Crippen LogP contribution in [0.3, 0.4) is 0 Å². The van der Waals surface area contributed by atoms with Crippen molar-refractivity contribution in [2.24, 2.45) is 11.7 Å². The fourth-order valence-corrected chi connectivity index (χ4v) is 2.61. The van der Waals surface area contributed by atoms with Crippen molar-refractivity contribution in [2.75, 3.05) is 6.54 Å². The second-order valence-corrected chi connectivity index (χ2v) is 6.26. The van der Waals surface area contributed by atoms with E-state index in [1.54, 1.807) is 24.3 Å². The van der Waals surface area contributed by atoms with Gasteiger partial charge in [-0.25, -0.2) is 4.79 Å². The number of para-hydroxylation sites is 1. The van der Waals surface area contributed by atoms with Crippen LogP contribution in [0.1, 0.15) is 30.8 Å². The van der Waals surface area contributed by atoms with Crippen molar-refractivity contribution in [2.45, 2.75) is 32.0 Å². The van der Waals surface area contributed by atoms with Crippen LogP contribution in [0.5, 0.6) is 0 Å². The van der Waals surface area contributed by atoms with Crippen molar-refractivity contribution >= 4 is 23.0 Å². The molecule has 3 N–H and O–H groups in total. The molecule has 2 rings (SSSR count). The molecule has 0 unspecified atom stereocenters. The number of carbonyl (C=O) groups is 2. The molecule has 0 aliphatic rings. The zero-order valence-electron chi connectivity index (χ0n) is 14.2. The van der Waals surface area contributed by atoms with Gasteiger partial charge in [0.2, 0.25) is 0 Å². The number of rotatable bonds is 6. The Labute approximate surface area is 147 Å². The third-order valence-corrected chi connectivity index (χ3v) is 4.05. The highest BCUT2D eigenvalue weighted by molar-refractivity contribution is 5.96. The molecule has 0 bridgehead atoms. The normalized spacial score (nSPS) is 14.2. The van der Waals surface area contributed by atoms with E-state index in [9.17, 15) is 22.8 Å². The van der Waals surface area contributed by atoms with Crippen molar-refractivity contribution in [3.8, 4) is 0 Å². The number of hydrogen-bond donors (Lipinski definition) is 2. The SMILES string of the molecule is CC(C)[C@](CNC(=O)c1cc2ccccc2o1)(CC(F)(F)F)OC(N)=O. The number of amides is 2. The quantitative estimate of drug-likeness (QED) is 0.810. The van der Waals surface area contributed by atoms with Gasteiger partial charge in [-0.15, -0.1) is 0 Å². The molecule has 9 heteroatoms. The molecule has 1 heterocycles. The minimum absolute atomic E-state index is 0.0602. The number of ether oxygens (including phenoxy) is 1. The Balaban J connectivity index is 2.21. The van der Waals surface area contributed by atoms with Crippen LogP contribution in [0.15, 0.2) is 34.7 Å². The van der Waals surface area contributed by atoms with E-state index in [0.717, 1.165) is 0 Å². The molecule has 0 fully saturated rings. The fraction of sp³-hybridized carbons (Fsp3) is 0.412. The molecule has 1 aromatic heterocycles. The molecule has 0 aliphatic carbocycles. The van der Waals surface area contributed by atoms with Crippen molar-refractivity contribution in [3.05, 3.63) is 36.1 Å². The van der Waals surface area contributed by atoms with Crippen LogP contribution in [-0.4, -0.2) is 30.3 Å². The summed E-state index contributed by atoms with van der Waals surface area (Å²) in [5, 5.41) is 3.02. The predicted octanol–water partition coefficient (Wildman–Crippen LogP) is 3.61. The van der Waals surface area contributed by atoms with E-state index in [0.29, 0.717) is 11.0 Å². The van der Waals surface area contributed by atoms with Crippen LogP contribution in [0.4, 0.5) is 18.0 Å². The first-order chi connectivity index (χ1) is 12.0. The van der Waals surface area contributed by atoms with Crippen LogP contribution >= 0.6 is 0 Å². The molecule has 0 aliphatic heterocycles. The Morgan fingerprint density at radius 1 is 1.27 bits per heavy atom. The van der Waals surface area contributed by atoms with Gasteiger partial charge in [0.15, 0.2) is 5.76 Å². The Hall–Kier alpha value is -2.71. The highest BCUT2D eigenvalue weighted by atomic mass is 19.4. The third-order valence-electron chi connectivity index (χ3n) is 4.05. The van der Waals surface area contributed by atoms with E-state index in [1.807, 2.05) is 0 Å². The Bertz CT molecular complexity index is 768.